The van der Waals surface area contributed by atoms with Gasteiger partial charge < -0.3 is 19.4 Å². The van der Waals surface area contributed by atoms with Crippen molar-refractivity contribution in [2.45, 2.75) is 13.0 Å². The number of amides is 1. The molecule has 0 saturated carbocycles. The number of hydrogen-bond donors (Lipinski definition) is 1. The van der Waals surface area contributed by atoms with E-state index in [4.69, 9.17) is 9.47 Å². The summed E-state index contributed by atoms with van der Waals surface area (Å²) >= 11 is 1.36. The van der Waals surface area contributed by atoms with Gasteiger partial charge in [-0.3, -0.25) is 4.79 Å². The van der Waals surface area contributed by atoms with Crippen LogP contribution in [0.2, 0.25) is 0 Å². The van der Waals surface area contributed by atoms with Gasteiger partial charge in [-0.1, -0.05) is 0 Å². The van der Waals surface area contributed by atoms with Gasteiger partial charge in [-0.05, 0) is 25.1 Å². The molecule has 0 unspecified atom stereocenters. The van der Waals surface area contributed by atoms with Gasteiger partial charge in [0.25, 0.3) is 0 Å². The Morgan fingerprint density at radius 1 is 1.32 bits per heavy atom. The van der Waals surface area contributed by atoms with Gasteiger partial charge in [0.15, 0.2) is 5.13 Å². The summed E-state index contributed by atoms with van der Waals surface area (Å²) in [5, 5.41) is 5.23. The molecule has 1 aromatic carbocycles. The first-order valence-electron chi connectivity index (χ1n) is 7.58. The molecule has 3 aromatic rings. The topological polar surface area (TPSA) is 78.3 Å². The molecule has 130 valence electrons. The summed E-state index contributed by atoms with van der Waals surface area (Å²) in [6, 6.07) is 5.13. The summed E-state index contributed by atoms with van der Waals surface area (Å²) in [6.45, 7) is 1.80. The lowest BCUT2D eigenvalue weighted by Gasteiger charge is -2.11. The number of imidazole rings is 1. The van der Waals surface area contributed by atoms with E-state index in [-0.39, 0.29) is 11.9 Å². The normalized spacial score (nSPS) is 11.8. The van der Waals surface area contributed by atoms with E-state index >= 15 is 0 Å². The number of nitrogens with zero attached hydrogens (tertiary/aromatic N) is 3. The fourth-order valence-corrected chi connectivity index (χ4v) is 3.03. The molecule has 0 saturated heterocycles. The number of methoxy groups -OCH3 is 2. The Kier molecular flexibility index (Phi) is 4.99. The highest BCUT2D eigenvalue weighted by molar-refractivity contribution is 7.14. The van der Waals surface area contributed by atoms with Crippen LogP contribution < -0.4 is 14.8 Å². The van der Waals surface area contributed by atoms with E-state index < -0.39 is 0 Å². The molecule has 2 heterocycles. The van der Waals surface area contributed by atoms with Gasteiger partial charge >= 0.3 is 0 Å². The molecular weight excluding hydrogens is 340 g/mol. The van der Waals surface area contributed by atoms with Crippen molar-refractivity contribution in [2.24, 2.45) is 0 Å². The second kappa shape index (κ2) is 7.35. The number of benzene rings is 1. The summed E-state index contributed by atoms with van der Waals surface area (Å²) in [7, 11) is 3.21. The highest BCUT2D eigenvalue weighted by Gasteiger charge is 2.17. The fourth-order valence-electron chi connectivity index (χ4n) is 2.31. The summed E-state index contributed by atoms with van der Waals surface area (Å²) in [5.74, 6) is 1.25. The quantitative estimate of drug-likeness (QED) is 0.732. The number of ether oxygens (including phenoxy) is 2. The minimum atomic E-state index is -0.374. The van der Waals surface area contributed by atoms with Crippen LogP contribution in [0, 0.1) is 0 Å². The Balaban J connectivity index is 1.80. The van der Waals surface area contributed by atoms with Crippen LogP contribution >= 0.6 is 11.3 Å². The minimum absolute atomic E-state index is 0.156. The third-order valence-electron chi connectivity index (χ3n) is 3.77. The van der Waals surface area contributed by atoms with Crippen molar-refractivity contribution in [3.05, 3.63) is 42.3 Å². The molecule has 0 aliphatic heterocycles. The Hall–Kier alpha value is -2.87. The van der Waals surface area contributed by atoms with Crippen molar-refractivity contribution in [3.63, 3.8) is 0 Å². The molecule has 0 spiro atoms. The third kappa shape index (κ3) is 3.63. The van der Waals surface area contributed by atoms with E-state index in [1.54, 1.807) is 44.4 Å². The number of carbonyl (C=O) groups excluding carboxylic acids is 1. The van der Waals surface area contributed by atoms with Gasteiger partial charge in [0.2, 0.25) is 5.91 Å². The molecule has 1 amide bonds. The maximum atomic E-state index is 12.3. The highest BCUT2D eigenvalue weighted by Crippen LogP contribution is 2.35. The molecule has 0 bridgehead atoms. The van der Waals surface area contributed by atoms with Crippen LogP contribution in [-0.4, -0.2) is 34.7 Å². The summed E-state index contributed by atoms with van der Waals surface area (Å²) in [6.07, 6.45) is 5.00. The molecular formula is C17H18N4O3S. The molecule has 0 aliphatic carbocycles. The zero-order valence-corrected chi connectivity index (χ0v) is 14.9. The van der Waals surface area contributed by atoms with E-state index in [2.05, 4.69) is 15.3 Å². The molecule has 25 heavy (non-hydrogen) atoms. The predicted octanol–water partition coefficient (Wildman–Crippen LogP) is 3.22. The van der Waals surface area contributed by atoms with E-state index in [1.807, 2.05) is 23.6 Å². The van der Waals surface area contributed by atoms with Crippen LogP contribution in [0.15, 0.2) is 42.3 Å². The lowest BCUT2D eigenvalue weighted by Crippen LogP contribution is -2.22. The largest absolute Gasteiger partial charge is 0.497 e. The van der Waals surface area contributed by atoms with Gasteiger partial charge in [0.05, 0.1) is 26.2 Å². The number of carbonyl (C=O) groups is 1. The van der Waals surface area contributed by atoms with E-state index in [9.17, 15) is 4.79 Å². The lowest BCUT2D eigenvalue weighted by molar-refractivity contribution is -0.118. The molecule has 7 nitrogen and oxygen atoms in total. The van der Waals surface area contributed by atoms with E-state index in [1.165, 1.54) is 11.3 Å². The Bertz CT molecular complexity index is 861. The van der Waals surface area contributed by atoms with Gasteiger partial charge in [-0.25, -0.2) is 9.97 Å². The fraction of sp³-hybridized carbons (Fsp3) is 0.235. The highest BCUT2D eigenvalue weighted by atomic mass is 32.1. The van der Waals surface area contributed by atoms with Crippen LogP contribution in [-0.2, 0) is 4.79 Å². The average molecular weight is 358 g/mol. The first kappa shape index (κ1) is 17.0. The molecule has 1 N–H and O–H groups in total. The Labute approximate surface area is 149 Å². The predicted molar refractivity (Wildman–Crippen MR) is 96.2 cm³/mol. The van der Waals surface area contributed by atoms with Crippen LogP contribution in [0.25, 0.3) is 11.3 Å². The second-order valence-corrected chi connectivity index (χ2v) is 6.14. The maximum Gasteiger partial charge on any atom is 0.248 e. The lowest BCUT2D eigenvalue weighted by atomic mass is 10.1. The van der Waals surface area contributed by atoms with Gasteiger partial charge in [-0.15, -0.1) is 11.3 Å². The number of hydrogen-bond acceptors (Lipinski definition) is 6. The number of anilines is 1. The molecule has 1 atom stereocenters. The van der Waals surface area contributed by atoms with Crippen molar-refractivity contribution in [1.29, 1.82) is 0 Å². The van der Waals surface area contributed by atoms with Gasteiger partial charge in [-0.2, -0.15) is 0 Å². The van der Waals surface area contributed by atoms with Crippen molar-refractivity contribution in [3.8, 4) is 22.8 Å². The molecule has 2 aromatic heterocycles. The smallest absolute Gasteiger partial charge is 0.248 e. The van der Waals surface area contributed by atoms with E-state index in [0.29, 0.717) is 22.3 Å². The SMILES string of the molecule is COc1ccc(OC)c(-c2csc(NC(=O)[C@@H](C)n3ccnc3)n2)c1. The van der Waals surface area contributed by atoms with Crippen molar-refractivity contribution >= 4 is 22.4 Å². The van der Waals surface area contributed by atoms with Crippen molar-refractivity contribution in [1.82, 2.24) is 14.5 Å². The first-order chi connectivity index (χ1) is 12.1. The van der Waals surface area contributed by atoms with Crippen LogP contribution in [0.4, 0.5) is 5.13 Å². The van der Waals surface area contributed by atoms with Crippen LogP contribution in [0.1, 0.15) is 13.0 Å². The summed E-state index contributed by atoms with van der Waals surface area (Å²) in [5.41, 5.74) is 1.52. The molecule has 0 aliphatic rings. The van der Waals surface area contributed by atoms with Crippen molar-refractivity contribution in [2.75, 3.05) is 19.5 Å². The monoisotopic (exact) mass is 358 g/mol. The zero-order valence-electron chi connectivity index (χ0n) is 14.1. The van der Waals surface area contributed by atoms with Gasteiger partial charge in [0.1, 0.15) is 17.5 Å². The Morgan fingerprint density at radius 2 is 2.16 bits per heavy atom. The summed E-state index contributed by atoms with van der Waals surface area (Å²) < 4.78 is 12.4. The molecule has 3 rings (SSSR count). The first-order valence-corrected chi connectivity index (χ1v) is 8.46. The van der Waals surface area contributed by atoms with E-state index in [0.717, 1.165) is 5.56 Å². The average Bonchev–Trinajstić information content (AvgIpc) is 3.32. The molecule has 8 heteroatoms. The minimum Gasteiger partial charge on any atom is -0.497 e. The standard InChI is InChI=1S/C17H18N4O3S/c1-11(21-7-6-18-10-21)16(22)20-17-19-14(9-25-17)13-8-12(23-2)4-5-15(13)24-3/h4-11H,1-3H3,(H,19,20,22)/t11-/m1/s1. The number of thiazole rings is 1. The number of nitrogens with one attached hydrogen (secondary N) is 1. The molecule has 0 radical (unpaired) electrons. The molecule has 0 fully saturated rings. The van der Waals surface area contributed by atoms with Crippen LogP contribution in [0.5, 0.6) is 11.5 Å². The summed E-state index contributed by atoms with van der Waals surface area (Å²) in [4.78, 5) is 20.8. The maximum absolute atomic E-state index is 12.3. The number of rotatable bonds is 6. The third-order valence-corrected chi connectivity index (χ3v) is 4.53. The number of aromatic nitrogens is 3. The van der Waals surface area contributed by atoms with Gasteiger partial charge in [0, 0.05) is 23.3 Å². The van der Waals surface area contributed by atoms with Crippen molar-refractivity contribution < 1.29 is 14.3 Å². The van der Waals surface area contributed by atoms with Crippen LogP contribution in [0.3, 0.4) is 0 Å². The second-order valence-electron chi connectivity index (χ2n) is 5.28. The zero-order chi connectivity index (χ0) is 17.8. The Morgan fingerprint density at radius 3 is 2.84 bits per heavy atom.